The summed E-state index contributed by atoms with van der Waals surface area (Å²) in [4.78, 5) is 4.23. The molecular weight excluding hydrogens is 272 g/mol. The van der Waals surface area contributed by atoms with Gasteiger partial charge in [0.25, 0.3) is 0 Å². The van der Waals surface area contributed by atoms with Crippen molar-refractivity contribution in [2.45, 2.75) is 31.2 Å². The molecule has 0 aliphatic rings. The molecule has 1 aromatic heterocycles. The van der Waals surface area contributed by atoms with Crippen molar-refractivity contribution in [2.24, 2.45) is 0 Å². The molecule has 1 N–H and O–H groups in total. The van der Waals surface area contributed by atoms with Crippen molar-refractivity contribution in [3.8, 4) is 11.1 Å². The van der Waals surface area contributed by atoms with Crippen molar-refractivity contribution < 1.29 is 8.42 Å². The summed E-state index contributed by atoms with van der Waals surface area (Å²) in [5.41, 5.74) is 1.47. The Kier molecular flexibility index (Phi) is 3.92. The van der Waals surface area contributed by atoms with Gasteiger partial charge in [0, 0.05) is 17.9 Å². The van der Waals surface area contributed by atoms with Crippen LogP contribution in [0.4, 0.5) is 0 Å². The molecule has 0 atom stereocenters. The molecule has 2 aromatic rings. The van der Waals surface area contributed by atoms with Crippen LogP contribution in [0.1, 0.15) is 20.8 Å². The molecule has 0 unspecified atom stereocenters. The highest BCUT2D eigenvalue weighted by molar-refractivity contribution is 7.89. The summed E-state index contributed by atoms with van der Waals surface area (Å²) in [5, 5.41) is 0. The van der Waals surface area contributed by atoms with Crippen LogP contribution in [0.3, 0.4) is 0 Å². The molecule has 0 spiro atoms. The fourth-order valence-electron chi connectivity index (χ4n) is 1.83. The van der Waals surface area contributed by atoms with Crippen LogP contribution in [0.5, 0.6) is 0 Å². The predicted octanol–water partition coefficient (Wildman–Crippen LogP) is 2.83. The van der Waals surface area contributed by atoms with Crippen LogP contribution in [0, 0.1) is 0 Å². The number of nitrogens with zero attached hydrogens (tertiary/aromatic N) is 1. The normalized spacial score (nSPS) is 12.3. The molecule has 0 radical (unpaired) electrons. The van der Waals surface area contributed by atoms with Crippen molar-refractivity contribution in [3.63, 3.8) is 0 Å². The predicted molar refractivity (Wildman–Crippen MR) is 79.7 cm³/mol. The summed E-state index contributed by atoms with van der Waals surface area (Å²) in [6.45, 7) is 5.45. The number of sulfonamides is 1. The zero-order chi connectivity index (χ0) is 14.8. The second-order valence-corrected chi connectivity index (χ2v) is 7.30. The van der Waals surface area contributed by atoms with Crippen molar-refractivity contribution in [1.29, 1.82) is 0 Å². The van der Waals surface area contributed by atoms with E-state index in [2.05, 4.69) is 9.71 Å². The van der Waals surface area contributed by atoms with Crippen LogP contribution < -0.4 is 4.72 Å². The molecule has 0 aliphatic heterocycles. The molecule has 0 fully saturated rings. The van der Waals surface area contributed by atoms with Crippen LogP contribution in [0.25, 0.3) is 11.1 Å². The maximum absolute atomic E-state index is 12.2. The first-order chi connectivity index (χ1) is 9.28. The van der Waals surface area contributed by atoms with Crippen molar-refractivity contribution in [1.82, 2.24) is 9.71 Å². The van der Waals surface area contributed by atoms with Gasteiger partial charge in [-0.3, -0.25) is 4.98 Å². The number of aromatic nitrogens is 1. The maximum atomic E-state index is 12.2. The molecule has 0 saturated carbocycles. The Labute approximate surface area is 119 Å². The average Bonchev–Trinajstić information content (AvgIpc) is 2.37. The molecular formula is C15H18N2O2S. The van der Waals surface area contributed by atoms with Gasteiger partial charge in [-0.15, -0.1) is 0 Å². The van der Waals surface area contributed by atoms with Gasteiger partial charge in [0.2, 0.25) is 10.0 Å². The van der Waals surface area contributed by atoms with Crippen LogP contribution in [-0.4, -0.2) is 18.9 Å². The summed E-state index contributed by atoms with van der Waals surface area (Å²) < 4.78 is 27.0. The van der Waals surface area contributed by atoms with Gasteiger partial charge in [0.15, 0.2) is 0 Å². The second-order valence-electron chi connectivity index (χ2n) is 5.62. The molecule has 1 heterocycles. The monoisotopic (exact) mass is 290 g/mol. The first kappa shape index (κ1) is 14.7. The van der Waals surface area contributed by atoms with Crippen molar-refractivity contribution in [3.05, 3.63) is 48.8 Å². The Morgan fingerprint density at radius 3 is 1.90 bits per heavy atom. The zero-order valence-electron chi connectivity index (χ0n) is 11.8. The molecule has 4 nitrogen and oxygen atoms in total. The Bertz CT molecular complexity index is 672. The lowest BCUT2D eigenvalue weighted by atomic mass is 10.1. The summed E-state index contributed by atoms with van der Waals surface area (Å²) in [5.74, 6) is 0. The van der Waals surface area contributed by atoms with E-state index in [4.69, 9.17) is 0 Å². The minimum Gasteiger partial charge on any atom is -0.265 e. The number of hydrogen-bond donors (Lipinski definition) is 1. The molecule has 5 heteroatoms. The van der Waals surface area contributed by atoms with Gasteiger partial charge in [0.05, 0.1) is 4.90 Å². The zero-order valence-corrected chi connectivity index (χ0v) is 12.6. The lowest BCUT2D eigenvalue weighted by Crippen LogP contribution is -2.40. The first-order valence-electron chi connectivity index (χ1n) is 6.32. The standard InChI is InChI=1S/C15H18N2O2S/c1-15(2,3)17-20(18,19)14-6-4-12(5-7-14)13-8-10-16-11-9-13/h4-11,17H,1-3H3. The topological polar surface area (TPSA) is 59.1 Å². The minimum absolute atomic E-state index is 0.269. The summed E-state index contributed by atoms with van der Waals surface area (Å²) >= 11 is 0. The average molecular weight is 290 g/mol. The highest BCUT2D eigenvalue weighted by Crippen LogP contribution is 2.21. The van der Waals surface area contributed by atoms with Crippen LogP contribution in [0.2, 0.25) is 0 Å². The van der Waals surface area contributed by atoms with E-state index in [0.717, 1.165) is 11.1 Å². The quantitative estimate of drug-likeness (QED) is 0.945. The van der Waals surface area contributed by atoms with E-state index in [1.165, 1.54) is 0 Å². The Balaban J connectivity index is 2.29. The SMILES string of the molecule is CC(C)(C)NS(=O)(=O)c1ccc(-c2ccncc2)cc1. The number of hydrogen-bond acceptors (Lipinski definition) is 3. The van der Waals surface area contributed by atoms with Gasteiger partial charge in [-0.1, -0.05) is 12.1 Å². The first-order valence-corrected chi connectivity index (χ1v) is 7.81. The number of nitrogens with one attached hydrogen (secondary N) is 1. The highest BCUT2D eigenvalue weighted by Gasteiger charge is 2.21. The molecule has 0 bridgehead atoms. The fraction of sp³-hybridized carbons (Fsp3) is 0.267. The van der Waals surface area contributed by atoms with Gasteiger partial charge in [-0.2, -0.15) is 0 Å². The van der Waals surface area contributed by atoms with Gasteiger partial charge < -0.3 is 0 Å². The largest absolute Gasteiger partial charge is 0.265 e. The molecule has 106 valence electrons. The second kappa shape index (κ2) is 5.34. The van der Waals surface area contributed by atoms with E-state index in [1.807, 2.05) is 32.9 Å². The van der Waals surface area contributed by atoms with E-state index >= 15 is 0 Å². The third-order valence-electron chi connectivity index (χ3n) is 2.62. The van der Waals surface area contributed by atoms with E-state index in [1.54, 1.807) is 36.7 Å². The number of rotatable bonds is 3. The van der Waals surface area contributed by atoms with Gasteiger partial charge in [-0.25, -0.2) is 13.1 Å². The van der Waals surface area contributed by atoms with Crippen molar-refractivity contribution in [2.75, 3.05) is 0 Å². The van der Waals surface area contributed by atoms with E-state index in [0.29, 0.717) is 0 Å². The summed E-state index contributed by atoms with van der Waals surface area (Å²) in [6, 6.07) is 10.6. The minimum atomic E-state index is -3.48. The molecule has 1 aromatic carbocycles. The highest BCUT2D eigenvalue weighted by atomic mass is 32.2. The smallest absolute Gasteiger partial charge is 0.241 e. The molecule has 0 amide bonds. The third-order valence-corrected chi connectivity index (χ3v) is 4.39. The molecule has 20 heavy (non-hydrogen) atoms. The number of pyridine rings is 1. The van der Waals surface area contributed by atoms with Gasteiger partial charge in [0.1, 0.15) is 0 Å². The maximum Gasteiger partial charge on any atom is 0.241 e. The molecule has 2 rings (SSSR count). The van der Waals surface area contributed by atoms with Crippen molar-refractivity contribution >= 4 is 10.0 Å². The molecule has 0 aliphatic carbocycles. The summed E-state index contributed by atoms with van der Waals surface area (Å²) in [7, 11) is -3.48. The number of benzene rings is 1. The Morgan fingerprint density at radius 2 is 1.40 bits per heavy atom. The van der Waals surface area contributed by atoms with E-state index in [-0.39, 0.29) is 4.90 Å². The fourth-order valence-corrected chi connectivity index (χ4v) is 3.25. The Hall–Kier alpha value is -1.72. The molecule has 0 saturated heterocycles. The lowest BCUT2D eigenvalue weighted by molar-refractivity contribution is 0.491. The summed E-state index contributed by atoms with van der Waals surface area (Å²) in [6.07, 6.45) is 3.42. The lowest BCUT2D eigenvalue weighted by Gasteiger charge is -2.20. The van der Waals surface area contributed by atoms with E-state index < -0.39 is 15.6 Å². The van der Waals surface area contributed by atoms with Crippen LogP contribution in [0.15, 0.2) is 53.7 Å². The Morgan fingerprint density at radius 1 is 0.900 bits per heavy atom. The third kappa shape index (κ3) is 3.65. The van der Waals surface area contributed by atoms with Crippen LogP contribution >= 0.6 is 0 Å². The van der Waals surface area contributed by atoms with Gasteiger partial charge in [-0.05, 0) is 56.2 Å². The van der Waals surface area contributed by atoms with Gasteiger partial charge >= 0.3 is 0 Å². The van der Waals surface area contributed by atoms with E-state index in [9.17, 15) is 8.42 Å². The van der Waals surface area contributed by atoms with Crippen LogP contribution in [-0.2, 0) is 10.0 Å².